The SMILES string of the molecule is CCC(c1nc2ccccc2c(=O)n1-c1ccc(OC)cc1)N1CCNC(C)C1. The van der Waals surface area contributed by atoms with E-state index in [0.29, 0.717) is 11.4 Å². The molecule has 3 aromatic rings. The lowest BCUT2D eigenvalue weighted by Gasteiger charge is -2.37. The highest BCUT2D eigenvalue weighted by Gasteiger charge is 2.28. The van der Waals surface area contributed by atoms with E-state index in [0.717, 1.165) is 48.8 Å². The summed E-state index contributed by atoms with van der Waals surface area (Å²) in [5, 5.41) is 4.13. The molecular formula is C23H28N4O2. The van der Waals surface area contributed by atoms with E-state index >= 15 is 0 Å². The van der Waals surface area contributed by atoms with Crippen molar-refractivity contribution >= 4 is 10.9 Å². The standard InChI is InChI=1S/C23H28N4O2/c1-4-21(26-14-13-24-16(2)15-26)22-25-20-8-6-5-7-19(20)23(28)27(22)17-9-11-18(29-3)12-10-17/h5-12,16,21,24H,4,13-15H2,1-3H3. The van der Waals surface area contributed by atoms with Crippen LogP contribution in [-0.2, 0) is 0 Å². The first kappa shape index (κ1) is 19.6. The first-order valence-corrected chi connectivity index (χ1v) is 10.3. The van der Waals surface area contributed by atoms with Crippen LogP contribution >= 0.6 is 0 Å². The fraction of sp³-hybridized carbons (Fsp3) is 0.391. The number of ether oxygens (including phenoxy) is 1. The van der Waals surface area contributed by atoms with Gasteiger partial charge in [-0.1, -0.05) is 19.1 Å². The van der Waals surface area contributed by atoms with Gasteiger partial charge in [0.25, 0.3) is 5.56 Å². The van der Waals surface area contributed by atoms with Crippen LogP contribution in [-0.4, -0.2) is 47.2 Å². The van der Waals surface area contributed by atoms with E-state index in [1.807, 2.05) is 48.5 Å². The van der Waals surface area contributed by atoms with E-state index in [-0.39, 0.29) is 11.6 Å². The highest BCUT2D eigenvalue weighted by molar-refractivity contribution is 5.77. The lowest BCUT2D eigenvalue weighted by atomic mass is 10.1. The molecule has 1 aromatic heterocycles. The van der Waals surface area contributed by atoms with Gasteiger partial charge in [-0.3, -0.25) is 14.3 Å². The second-order valence-corrected chi connectivity index (χ2v) is 7.60. The number of fused-ring (bicyclic) bond motifs is 1. The number of rotatable bonds is 5. The zero-order valence-corrected chi connectivity index (χ0v) is 17.3. The molecule has 1 aliphatic rings. The predicted molar refractivity (Wildman–Crippen MR) is 116 cm³/mol. The van der Waals surface area contributed by atoms with Crippen molar-refractivity contribution in [1.29, 1.82) is 0 Å². The lowest BCUT2D eigenvalue weighted by Crippen LogP contribution is -2.51. The molecule has 2 atom stereocenters. The van der Waals surface area contributed by atoms with E-state index in [9.17, 15) is 4.79 Å². The Balaban J connectivity index is 1.91. The zero-order chi connectivity index (χ0) is 20.4. The smallest absolute Gasteiger partial charge is 0.266 e. The van der Waals surface area contributed by atoms with Crippen molar-refractivity contribution in [3.05, 3.63) is 64.7 Å². The Bertz CT molecular complexity index is 1040. The summed E-state index contributed by atoms with van der Waals surface area (Å²) in [5.41, 5.74) is 1.53. The van der Waals surface area contributed by atoms with E-state index in [1.165, 1.54) is 0 Å². The van der Waals surface area contributed by atoms with Crippen molar-refractivity contribution in [3.63, 3.8) is 0 Å². The molecule has 1 fully saturated rings. The molecule has 0 aliphatic carbocycles. The van der Waals surface area contributed by atoms with Crippen molar-refractivity contribution in [1.82, 2.24) is 19.8 Å². The van der Waals surface area contributed by atoms with Gasteiger partial charge in [-0.25, -0.2) is 4.98 Å². The predicted octanol–water partition coefficient (Wildman–Crippen LogP) is 3.14. The van der Waals surface area contributed by atoms with Crippen molar-refractivity contribution < 1.29 is 4.74 Å². The van der Waals surface area contributed by atoms with Crippen molar-refractivity contribution in [3.8, 4) is 11.4 Å². The number of nitrogens with one attached hydrogen (secondary N) is 1. The molecule has 0 amide bonds. The Morgan fingerprint density at radius 2 is 1.97 bits per heavy atom. The van der Waals surface area contributed by atoms with Crippen LogP contribution in [0.25, 0.3) is 16.6 Å². The summed E-state index contributed by atoms with van der Waals surface area (Å²) in [6.07, 6.45) is 0.883. The number of aromatic nitrogens is 2. The largest absolute Gasteiger partial charge is 0.497 e. The molecule has 6 nitrogen and oxygen atoms in total. The maximum atomic E-state index is 13.5. The first-order valence-electron chi connectivity index (χ1n) is 10.3. The van der Waals surface area contributed by atoms with Crippen molar-refractivity contribution in [2.24, 2.45) is 0 Å². The summed E-state index contributed by atoms with van der Waals surface area (Å²) in [4.78, 5) is 21.0. The minimum Gasteiger partial charge on any atom is -0.497 e. The molecule has 2 heterocycles. The molecule has 2 unspecified atom stereocenters. The molecule has 1 aliphatic heterocycles. The Morgan fingerprint density at radius 3 is 2.66 bits per heavy atom. The van der Waals surface area contributed by atoms with Crippen LogP contribution in [0.4, 0.5) is 0 Å². The van der Waals surface area contributed by atoms with Crippen LogP contribution in [0, 0.1) is 0 Å². The molecule has 4 rings (SSSR count). The van der Waals surface area contributed by atoms with Crippen LogP contribution in [0.15, 0.2) is 53.3 Å². The fourth-order valence-corrected chi connectivity index (χ4v) is 4.20. The molecule has 1 saturated heterocycles. The summed E-state index contributed by atoms with van der Waals surface area (Å²) in [5.74, 6) is 1.57. The monoisotopic (exact) mass is 392 g/mol. The highest BCUT2D eigenvalue weighted by Crippen LogP contribution is 2.27. The van der Waals surface area contributed by atoms with Crippen LogP contribution in [0.5, 0.6) is 5.75 Å². The number of piperazine rings is 1. The van der Waals surface area contributed by atoms with Crippen LogP contribution in [0.2, 0.25) is 0 Å². The van der Waals surface area contributed by atoms with Gasteiger partial charge in [0.15, 0.2) is 0 Å². The molecule has 1 N–H and O–H groups in total. The molecule has 0 spiro atoms. The Kier molecular flexibility index (Phi) is 5.65. The summed E-state index contributed by atoms with van der Waals surface area (Å²) in [6, 6.07) is 15.7. The molecule has 6 heteroatoms. The van der Waals surface area contributed by atoms with Crippen molar-refractivity contribution in [2.75, 3.05) is 26.7 Å². The average Bonchev–Trinajstić information content (AvgIpc) is 2.75. The lowest BCUT2D eigenvalue weighted by molar-refractivity contribution is 0.137. The summed E-state index contributed by atoms with van der Waals surface area (Å²) in [6.45, 7) is 7.18. The number of hydrogen-bond donors (Lipinski definition) is 1. The third-order valence-electron chi connectivity index (χ3n) is 5.66. The number of benzene rings is 2. The highest BCUT2D eigenvalue weighted by atomic mass is 16.5. The molecular weight excluding hydrogens is 364 g/mol. The minimum atomic E-state index is -0.0302. The van der Waals surface area contributed by atoms with Crippen LogP contribution in [0.1, 0.15) is 32.1 Å². The van der Waals surface area contributed by atoms with Crippen LogP contribution < -0.4 is 15.6 Å². The van der Waals surface area contributed by atoms with E-state index < -0.39 is 0 Å². The fourth-order valence-electron chi connectivity index (χ4n) is 4.20. The maximum absolute atomic E-state index is 13.5. The Morgan fingerprint density at radius 1 is 1.21 bits per heavy atom. The second-order valence-electron chi connectivity index (χ2n) is 7.60. The van der Waals surface area contributed by atoms with Crippen LogP contribution in [0.3, 0.4) is 0 Å². The number of para-hydroxylation sites is 1. The minimum absolute atomic E-state index is 0.0302. The van der Waals surface area contributed by atoms with Gasteiger partial charge < -0.3 is 10.1 Å². The quantitative estimate of drug-likeness (QED) is 0.723. The summed E-state index contributed by atoms with van der Waals surface area (Å²) >= 11 is 0. The van der Waals surface area contributed by atoms with E-state index in [4.69, 9.17) is 9.72 Å². The number of nitrogens with zero attached hydrogens (tertiary/aromatic N) is 3. The van der Waals surface area contributed by atoms with Gasteiger partial charge in [-0.2, -0.15) is 0 Å². The topological polar surface area (TPSA) is 59.4 Å². The molecule has 0 radical (unpaired) electrons. The maximum Gasteiger partial charge on any atom is 0.266 e. The molecule has 2 aromatic carbocycles. The molecule has 0 saturated carbocycles. The summed E-state index contributed by atoms with van der Waals surface area (Å²) in [7, 11) is 1.64. The second kappa shape index (κ2) is 8.35. The van der Waals surface area contributed by atoms with Gasteiger partial charge in [0.2, 0.25) is 0 Å². The van der Waals surface area contributed by atoms with Gasteiger partial charge in [0.1, 0.15) is 11.6 Å². The number of methoxy groups -OCH3 is 1. The normalized spacial score (nSPS) is 18.7. The van der Waals surface area contributed by atoms with Gasteiger partial charge in [0.05, 0.1) is 29.7 Å². The average molecular weight is 393 g/mol. The summed E-state index contributed by atoms with van der Waals surface area (Å²) < 4.78 is 7.07. The van der Waals surface area contributed by atoms with Gasteiger partial charge >= 0.3 is 0 Å². The third-order valence-corrected chi connectivity index (χ3v) is 5.66. The van der Waals surface area contributed by atoms with E-state index in [2.05, 4.69) is 24.1 Å². The third kappa shape index (κ3) is 3.78. The first-order chi connectivity index (χ1) is 14.1. The van der Waals surface area contributed by atoms with E-state index in [1.54, 1.807) is 11.7 Å². The molecule has 29 heavy (non-hydrogen) atoms. The molecule has 0 bridgehead atoms. The van der Waals surface area contributed by atoms with Gasteiger partial charge in [-0.05, 0) is 49.7 Å². The Labute approximate surface area is 171 Å². The van der Waals surface area contributed by atoms with Crippen molar-refractivity contribution in [2.45, 2.75) is 32.4 Å². The Hall–Kier alpha value is -2.70. The molecule has 152 valence electrons. The van der Waals surface area contributed by atoms with Gasteiger partial charge in [-0.15, -0.1) is 0 Å². The zero-order valence-electron chi connectivity index (χ0n) is 17.3. The number of hydrogen-bond acceptors (Lipinski definition) is 5. The van der Waals surface area contributed by atoms with Gasteiger partial charge in [0, 0.05) is 25.7 Å².